The number of anilines is 1. The number of carbonyl (C=O) groups excluding carboxylic acids is 2. The van der Waals surface area contributed by atoms with E-state index in [1.165, 1.54) is 36.2 Å². The second-order valence-electron chi connectivity index (χ2n) is 16.1. The molecule has 0 aliphatic carbocycles. The molecule has 5 aliphatic rings. The van der Waals surface area contributed by atoms with Crippen LogP contribution < -0.4 is 9.64 Å². The Labute approximate surface area is 312 Å². The lowest BCUT2D eigenvalue weighted by Crippen LogP contribution is -2.74. The van der Waals surface area contributed by atoms with Gasteiger partial charge in [0.1, 0.15) is 17.9 Å². The lowest BCUT2D eigenvalue weighted by molar-refractivity contribution is -0.146. The third-order valence-corrected chi connectivity index (χ3v) is 13.5. The Kier molecular flexibility index (Phi) is 10.1. The standard InChI is InChI=1S/C38H51FN8O5S/c1-6-34(48)43-22-38(23-43)24-46(25-38)53(50,51)45-13-9-29(10-14-45)19-42-15-11-37(12-16-42)20-44(21-37)35-33(18-40-26-41-35)52-32-8-7-30(39)17-31(32)36(49)47(27(2)3)28(4)5/h6-9,17-18,26-28H,1,10-16,19-25H2,2-5H3. The molecule has 0 bridgehead atoms. The van der Waals surface area contributed by atoms with Gasteiger partial charge in [-0.05, 0) is 84.3 Å². The minimum atomic E-state index is -3.52. The summed E-state index contributed by atoms with van der Waals surface area (Å²) in [4.78, 5) is 42.2. The van der Waals surface area contributed by atoms with Gasteiger partial charge >= 0.3 is 0 Å². The third-order valence-electron chi connectivity index (χ3n) is 11.6. The van der Waals surface area contributed by atoms with Crippen LogP contribution in [0.2, 0.25) is 0 Å². The Morgan fingerprint density at radius 2 is 1.68 bits per heavy atom. The number of hydrogen-bond donors (Lipinski definition) is 0. The number of amides is 2. The first kappa shape index (κ1) is 37.4. The molecule has 1 aromatic heterocycles. The van der Waals surface area contributed by atoms with E-state index in [0.717, 1.165) is 52.0 Å². The molecule has 286 valence electrons. The van der Waals surface area contributed by atoms with Crippen LogP contribution in [0.5, 0.6) is 11.5 Å². The third kappa shape index (κ3) is 7.32. The predicted molar refractivity (Wildman–Crippen MR) is 199 cm³/mol. The van der Waals surface area contributed by atoms with Gasteiger partial charge in [0.15, 0.2) is 11.6 Å². The number of nitrogens with zero attached hydrogens (tertiary/aromatic N) is 8. The summed E-state index contributed by atoms with van der Waals surface area (Å²) in [6.07, 6.45) is 9.29. The maximum absolute atomic E-state index is 14.4. The number of rotatable bonds is 11. The average Bonchev–Trinajstić information content (AvgIpc) is 3.07. The molecule has 2 aromatic rings. The van der Waals surface area contributed by atoms with Crippen molar-refractivity contribution in [3.8, 4) is 11.5 Å². The topological polar surface area (TPSA) is 123 Å². The normalized spacial score (nSPS) is 21.6. The van der Waals surface area contributed by atoms with Gasteiger partial charge in [-0.25, -0.2) is 14.4 Å². The summed E-state index contributed by atoms with van der Waals surface area (Å²) in [7, 11) is -3.52. The van der Waals surface area contributed by atoms with E-state index in [1.54, 1.807) is 24.6 Å². The van der Waals surface area contributed by atoms with Crippen LogP contribution in [0.1, 0.15) is 57.3 Å². The molecular weight excluding hydrogens is 700 g/mol. The molecule has 2 amide bonds. The number of benzene rings is 1. The van der Waals surface area contributed by atoms with Gasteiger partial charge in [0.2, 0.25) is 5.91 Å². The van der Waals surface area contributed by atoms with E-state index < -0.39 is 16.0 Å². The van der Waals surface area contributed by atoms with Gasteiger partial charge in [-0.2, -0.15) is 17.0 Å². The smallest absolute Gasteiger partial charge is 0.282 e. The summed E-state index contributed by atoms with van der Waals surface area (Å²) >= 11 is 0. The van der Waals surface area contributed by atoms with Gasteiger partial charge in [0, 0.05) is 81.8 Å². The number of hydrogen-bond acceptors (Lipinski definition) is 9. The molecule has 13 nitrogen and oxygen atoms in total. The van der Waals surface area contributed by atoms with Crippen LogP contribution in [-0.4, -0.2) is 138 Å². The summed E-state index contributed by atoms with van der Waals surface area (Å²) in [5.41, 5.74) is 1.51. The monoisotopic (exact) mass is 750 g/mol. The Bertz CT molecular complexity index is 1870. The van der Waals surface area contributed by atoms with Gasteiger partial charge in [0.05, 0.1) is 11.8 Å². The molecule has 0 saturated carbocycles. The number of halogens is 1. The summed E-state index contributed by atoms with van der Waals surface area (Å²) in [6, 6.07) is 3.86. The molecule has 0 unspecified atom stereocenters. The lowest BCUT2D eigenvalue weighted by atomic mass is 9.72. The Morgan fingerprint density at radius 1 is 0.981 bits per heavy atom. The van der Waals surface area contributed by atoms with Gasteiger partial charge in [-0.15, -0.1) is 0 Å². The van der Waals surface area contributed by atoms with Crippen molar-refractivity contribution >= 4 is 27.8 Å². The van der Waals surface area contributed by atoms with Crippen molar-refractivity contribution in [1.82, 2.24) is 33.3 Å². The molecule has 15 heteroatoms. The van der Waals surface area contributed by atoms with Crippen molar-refractivity contribution in [2.45, 2.75) is 59.0 Å². The second kappa shape index (κ2) is 14.4. The Balaban J connectivity index is 0.902. The van der Waals surface area contributed by atoms with Crippen molar-refractivity contribution in [1.29, 1.82) is 0 Å². The molecule has 4 saturated heterocycles. The number of aromatic nitrogens is 2. The lowest BCUT2D eigenvalue weighted by Gasteiger charge is -2.59. The maximum Gasteiger partial charge on any atom is 0.282 e. The first-order valence-corrected chi connectivity index (χ1v) is 20.0. The van der Waals surface area contributed by atoms with Gasteiger partial charge in [-0.3, -0.25) is 14.5 Å². The summed E-state index contributed by atoms with van der Waals surface area (Å²) in [5, 5.41) is 0. The zero-order valence-electron chi connectivity index (χ0n) is 31.2. The van der Waals surface area contributed by atoms with E-state index in [0.29, 0.717) is 50.8 Å². The number of ether oxygens (including phenoxy) is 1. The highest BCUT2D eigenvalue weighted by atomic mass is 32.2. The zero-order valence-corrected chi connectivity index (χ0v) is 32.0. The van der Waals surface area contributed by atoms with E-state index in [2.05, 4.69) is 32.4 Å². The number of carbonyl (C=O) groups is 2. The Hall–Kier alpha value is -3.92. The van der Waals surface area contributed by atoms with E-state index in [4.69, 9.17) is 4.74 Å². The zero-order chi connectivity index (χ0) is 37.7. The number of piperidine rings is 1. The van der Waals surface area contributed by atoms with Gasteiger partial charge < -0.3 is 19.4 Å². The Morgan fingerprint density at radius 3 is 2.30 bits per heavy atom. The minimum Gasteiger partial charge on any atom is -0.451 e. The van der Waals surface area contributed by atoms with Crippen molar-refractivity contribution in [3.05, 3.63) is 66.4 Å². The van der Waals surface area contributed by atoms with Gasteiger partial charge in [0.25, 0.3) is 16.1 Å². The summed E-state index contributed by atoms with van der Waals surface area (Å²) in [6.45, 7) is 18.7. The van der Waals surface area contributed by atoms with E-state index in [1.807, 2.05) is 27.7 Å². The van der Waals surface area contributed by atoms with Gasteiger partial charge in [-0.1, -0.05) is 18.2 Å². The summed E-state index contributed by atoms with van der Waals surface area (Å²) < 4.78 is 50.4. The quantitative estimate of drug-likeness (QED) is 0.250. The van der Waals surface area contributed by atoms with Crippen LogP contribution in [0.15, 0.2) is 55.0 Å². The van der Waals surface area contributed by atoms with Crippen molar-refractivity contribution in [2.75, 3.05) is 76.9 Å². The molecule has 7 rings (SSSR count). The van der Waals surface area contributed by atoms with Crippen LogP contribution >= 0.6 is 0 Å². The molecule has 5 aliphatic heterocycles. The molecule has 0 N–H and O–H groups in total. The molecule has 6 heterocycles. The highest BCUT2D eigenvalue weighted by molar-refractivity contribution is 7.86. The largest absolute Gasteiger partial charge is 0.451 e. The minimum absolute atomic E-state index is 0.0759. The van der Waals surface area contributed by atoms with E-state index in [9.17, 15) is 22.4 Å². The molecule has 2 spiro atoms. The molecule has 1 aromatic carbocycles. The van der Waals surface area contributed by atoms with Crippen molar-refractivity contribution < 1.29 is 27.1 Å². The molecule has 0 atom stereocenters. The number of likely N-dealkylation sites (tertiary alicyclic amines) is 2. The highest BCUT2D eigenvalue weighted by Crippen LogP contribution is 2.45. The molecule has 0 radical (unpaired) electrons. The van der Waals surface area contributed by atoms with Crippen LogP contribution in [-0.2, 0) is 15.0 Å². The van der Waals surface area contributed by atoms with Crippen LogP contribution in [0, 0.1) is 16.6 Å². The van der Waals surface area contributed by atoms with Crippen molar-refractivity contribution in [2.24, 2.45) is 10.8 Å². The maximum atomic E-state index is 14.4. The second-order valence-corrected chi connectivity index (χ2v) is 18.1. The molecule has 53 heavy (non-hydrogen) atoms. The average molecular weight is 751 g/mol. The van der Waals surface area contributed by atoms with Crippen LogP contribution in [0.3, 0.4) is 0 Å². The van der Waals surface area contributed by atoms with E-state index in [-0.39, 0.29) is 46.0 Å². The fourth-order valence-corrected chi connectivity index (χ4v) is 10.5. The first-order chi connectivity index (χ1) is 25.2. The van der Waals surface area contributed by atoms with Crippen LogP contribution in [0.4, 0.5) is 10.2 Å². The first-order valence-electron chi connectivity index (χ1n) is 18.6. The predicted octanol–water partition coefficient (Wildman–Crippen LogP) is 3.78. The van der Waals surface area contributed by atoms with E-state index >= 15 is 0 Å². The fraction of sp³-hybridized carbons (Fsp3) is 0.579. The van der Waals surface area contributed by atoms with Crippen molar-refractivity contribution in [3.63, 3.8) is 0 Å². The SMILES string of the molecule is C=CC(=O)N1CC2(C1)CN(S(=O)(=O)N1CC=C(CN3CCC4(CC3)CN(c3ncncc3Oc3ccc(F)cc3C(=O)N(C(C)C)C(C)C)C4)CC1)C2. The summed E-state index contributed by atoms with van der Waals surface area (Å²) in [5.74, 6) is 0.430. The highest BCUT2D eigenvalue weighted by Gasteiger charge is 2.57. The van der Waals surface area contributed by atoms with Crippen LogP contribution in [0.25, 0.3) is 0 Å². The molecular formula is C38H51FN8O5S. The fourth-order valence-electron chi connectivity index (χ4n) is 8.73. The molecule has 4 fully saturated rings.